The van der Waals surface area contributed by atoms with Crippen molar-refractivity contribution in [3.63, 3.8) is 0 Å². The minimum atomic E-state index is 0.851. The number of benzene rings is 1. The van der Waals surface area contributed by atoms with Gasteiger partial charge in [0.2, 0.25) is 5.69 Å². The van der Waals surface area contributed by atoms with Crippen LogP contribution in [-0.2, 0) is 0 Å². The second kappa shape index (κ2) is 4.28. The van der Waals surface area contributed by atoms with E-state index in [2.05, 4.69) is 10.3 Å². The number of pyridine rings is 1. The van der Waals surface area contributed by atoms with Crippen molar-refractivity contribution in [2.45, 2.75) is 0 Å². The molecule has 14 heavy (non-hydrogen) atoms. The van der Waals surface area contributed by atoms with E-state index >= 15 is 0 Å². The molecule has 0 saturated heterocycles. The first-order valence-electron chi connectivity index (χ1n) is 4.38. The van der Waals surface area contributed by atoms with E-state index in [1.54, 1.807) is 4.68 Å². The summed E-state index contributed by atoms with van der Waals surface area (Å²) < 4.78 is 1.66. The van der Waals surface area contributed by atoms with Crippen molar-refractivity contribution in [3.05, 3.63) is 60.9 Å². The first kappa shape index (κ1) is 8.56. The van der Waals surface area contributed by atoms with Crippen LogP contribution < -0.4 is 4.68 Å². The maximum atomic E-state index is 4.06. The zero-order valence-electron chi connectivity index (χ0n) is 7.62. The molecule has 2 rings (SSSR count). The molecule has 0 aliphatic rings. The third-order valence-electron chi connectivity index (χ3n) is 1.72. The molecule has 0 radical (unpaired) electrons. The molecule has 0 aliphatic carbocycles. The van der Waals surface area contributed by atoms with Gasteiger partial charge in [0, 0.05) is 0 Å². The van der Waals surface area contributed by atoms with E-state index in [4.69, 9.17) is 0 Å². The Morgan fingerprint density at radius 2 is 1.43 bits per heavy atom. The van der Waals surface area contributed by atoms with Crippen molar-refractivity contribution in [2.75, 3.05) is 0 Å². The molecule has 1 aromatic heterocycles. The van der Waals surface area contributed by atoms with E-state index < -0.39 is 0 Å². The third kappa shape index (κ3) is 2.23. The van der Waals surface area contributed by atoms with Crippen LogP contribution >= 0.6 is 0 Å². The van der Waals surface area contributed by atoms with Gasteiger partial charge in [0.25, 0.3) is 0 Å². The Kier molecular flexibility index (Phi) is 2.62. The summed E-state index contributed by atoms with van der Waals surface area (Å²) >= 11 is 0. The summed E-state index contributed by atoms with van der Waals surface area (Å²) in [4.78, 5) is 0. The average molecular weight is 184 g/mol. The van der Waals surface area contributed by atoms with Gasteiger partial charge in [-0.25, -0.2) is 0 Å². The minimum absolute atomic E-state index is 0.851. The minimum Gasteiger partial charge on any atom is -0.110 e. The molecule has 0 bridgehead atoms. The molecule has 2 aromatic rings. The van der Waals surface area contributed by atoms with Crippen molar-refractivity contribution < 1.29 is 4.68 Å². The Morgan fingerprint density at radius 1 is 0.786 bits per heavy atom. The number of nitrogens with zero attached hydrogens (tertiary/aromatic N) is 3. The lowest BCUT2D eigenvalue weighted by molar-refractivity contribution is -0.685. The Bertz CT molecular complexity index is 368. The zero-order valence-corrected chi connectivity index (χ0v) is 7.62. The number of aromatic nitrogens is 1. The molecule has 1 aromatic carbocycles. The number of hydrogen-bond donors (Lipinski definition) is 0. The second-order valence-corrected chi connectivity index (χ2v) is 2.78. The summed E-state index contributed by atoms with van der Waals surface area (Å²) in [7, 11) is 0. The van der Waals surface area contributed by atoms with Crippen LogP contribution in [0, 0.1) is 0 Å². The maximum Gasteiger partial charge on any atom is 0.203 e. The van der Waals surface area contributed by atoms with Gasteiger partial charge in [-0.1, -0.05) is 24.3 Å². The summed E-state index contributed by atoms with van der Waals surface area (Å²) in [6, 6.07) is 15.4. The van der Waals surface area contributed by atoms with Crippen LogP contribution in [0.5, 0.6) is 0 Å². The second-order valence-electron chi connectivity index (χ2n) is 2.78. The molecule has 0 fully saturated rings. The molecule has 0 saturated carbocycles. The van der Waals surface area contributed by atoms with Gasteiger partial charge in [-0.2, -0.15) is 0 Å². The Hall–Kier alpha value is -2.03. The maximum absolute atomic E-state index is 4.06. The van der Waals surface area contributed by atoms with E-state index in [0.717, 1.165) is 5.69 Å². The van der Waals surface area contributed by atoms with Gasteiger partial charge in [-0.15, -0.1) is 4.68 Å². The quantitative estimate of drug-likeness (QED) is 0.507. The molecule has 0 spiro atoms. The summed E-state index contributed by atoms with van der Waals surface area (Å²) in [6.45, 7) is 0. The lowest BCUT2D eigenvalue weighted by Gasteiger charge is -1.84. The van der Waals surface area contributed by atoms with Gasteiger partial charge in [-0.05, 0) is 24.3 Å². The molecule has 1 heterocycles. The molecule has 68 valence electrons. The highest BCUT2D eigenvalue weighted by atomic mass is 15.4. The zero-order chi connectivity index (χ0) is 9.64. The van der Waals surface area contributed by atoms with E-state index in [1.165, 1.54) is 0 Å². The highest BCUT2D eigenvalue weighted by molar-refractivity contribution is 5.34. The van der Waals surface area contributed by atoms with E-state index in [0.29, 0.717) is 0 Å². The molecule has 0 aliphatic heterocycles. The van der Waals surface area contributed by atoms with Gasteiger partial charge >= 0.3 is 0 Å². The molecule has 0 amide bonds. The fraction of sp³-hybridized carbons (Fsp3) is 0. The largest absolute Gasteiger partial charge is 0.203 e. The molecular weight excluding hydrogens is 174 g/mol. The molecular formula is C11H10N3+. The van der Waals surface area contributed by atoms with Crippen LogP contribution in [0.3, 0.4) is 0 Å². The molecule has 0 unspecified atom stereocenters. The van der Waals surface area contributed by atoms with Crippen molar-refractivity contribution >= 4 is 5.69 Å². The first-order valence-corrected chi connectivity index (χ1v) is 4.38. The van der Waals surface area contributed by atoms with Gasteiger partial charge in [0.05, 0.1) is 5.11 Å². The van der Waals surface area contributed by atoms with Crippen LogP contribution in [0.1, 0.15) is 0 Å². The van der Waals surface area contributed by atoms with Gasteiger partial charge < -0.3 is 0 Å². The Balaban J connectivity index is 2.16. The van der Waals surface area contributed by atoms with Gasteiger partial charge in [0.15, 0.2) is 0 Å². The smallest absolute Gasteiger partial charge is 0.110 e. The van der Waals surface area contributed by atoms with Crippen molar-refractivity contribution in [1.29, 1.82) is 0 Å². The SMILES string of the molecule is c1ccc(N=N[n+]2ccccc2)cc1. The van der Waals surface area contributed by atoms with Crippen LogP contribution in [0.15, 0.2) is 71.3 Å². The molecule has 3 heteroatoms. The molecule has 0 N–H and O–H groups in total. The van der Waals surface area contributed by atoms with E-state index in [9.17, 15) is 0 Å². The van der Waals surface area contributed by atoms with E-state index in [-0.39, 0.29) is 0 Å². The van der Waals surface area contributed by atoms with Crippen molar-refractivity contribution in [2.24, 2.45) is 10.3 Å². The molecule has 0 atom stereocenters. The number of hydrogen-bond acceptors (Lipinski definition) is 2. The Morgan fingerprint density at radius 3 is 2.14 bits per heavy atom. The van der Waals surface area contributed by atoms with Crippen LogP contribution in [-0.4, -0.2) is 0 Å². The normalized spacial score (nSPS) is 10.6. The summed E-state index contributed by atoms with van der Waals surface area (Å²) in [5.41, 5.74) is 0.851. The first-order chi connectivity index (χ1) is 6.95. The van der Waals surface area contributed by atoms with E-state index in [1.807, 2.05) is 60.9 Å². The highest BCUT2D eigenvalue weighted by Crippen LogP contribution is 2.08. The fourth-order valence-corrected chi connectivity index (χ4v) is 1.05. The Labute approximate surface area is 82.3 Å². The standard InChI is InChI=1S/C11H10N3/c1-3-7-11(8-4-1)12-13-14-9-5-2-6-10-14/h1-10H/q+1. The monoisotopic (exact) mass is 184 g/mol. The number of rotatable bonds is 2. The van der Waals surface area contributed by atoms with Crippen molar-refractivity contribution in [1.82, 2.24) is 0 Å². The lowest BCUT2D eigenvalue weighted by atomic mass is 10.3. The summed E-state index contributed by atoms with van der Waals surface area (Å²) in [5, 5.41) is 8.08. The third-order valence-corrected chi connectivity index (χ3v) is 1.72. The summed E-state index contributed by atoms with van der Waals surface area (Å²) in [5.74, 6) is 0. The van der Waals surface area contributed by atoms with Crippen LogP contribution in [0.2, 0.25) is 0 Å². The van der Waals surface area contributed by atoms with Crippen LogP contribution in [0.25, 0.3) is 0 Å². The molecule has 3 nitrogen and oxygen atoms in total. The predicted octanol–water partition coefficient (Wildman–Crippen LogP) is 2.52. The fourth-order valence-electron chi connectivity index (χ4n) is 1.05. The van der Waals surface area contributed by atoms with Gasteiger partial charge in [0.1, 0.15) is 17.6 Å². The lowest BCUT2D eigenvalue weighted by Crippen LogP contribution is -2.24. The van der Waals surface area contributed by atoms with Crippen LogP contribution in [0.4, 0.5) is 5.69 Å². The summed E-state index contributed by atoms with van der Waals surface area (Å²) in [6.07, 6.45) is 3.68. The van der Waals surface area contributed by atoms with Crippen molar-refractivity contribution in [3.8, 4) is 0 Å². The highest BCUT2D eigenvalue weighted by Gasteiger charge is 1.94. The van der Waals surface area contributed by atoms with Gasteiger partial charge in [-0.3, -0.25) is 0 Å². The topological polar surface area (TPSA) is 28.6 Å². The predicted molar refractivity (Wildman–Crippen MR) is 53.0 cm³/mol. The average Bonchev–Trinajstić information content (AvgIpc) is 2.29.